The van der Waals surface area contributed by atoms with Crippen LogP contribution in [0.25, 0.3) is 0 Å². The van der Waals surface area contributed by atoms with Crippen LogP contribution in [0.4, 0.5) is 0 Å². The molecular formula is H5KO4SiZr. The maximum atomic E-state index is 7.33. The summed E-state index contributed by atoms with van der Waals surface area (Å²) in [7, 11) is -4.61. The fraction of sp³-hybridized carbons (Fsp3) is 0. The van der Waals surface area contributed by atoms with E-state index in [0.29, 0.717) is 0 Å². The third kappa shape index (κ3) is 55.9. The van der Waals surface area contributed by atoms with Gasteiger partial charge in [-0.05, 0) is 0 Å². The predicted molar refractivity (Wildman–Crippen MR) is 15.7 cm³/mol. The molecular weight excluding hydrogens is 222 g/mol. The average Bonchev–Trinajstić information content (AvgIpc) is 0.722. The Bertz CT molecular complexity index is 31.5. The topological polar surface area (TPSA) is 80.9 Å². The van der Waals surface area contributed by atoms with Gasteiger partial charge in [0.05, 0.1) is 0 Å². The van der Waals surface area contributed by atoms with Crippen LogP contribution in [-0.2, 0) is 26.2 Å². The van der Waals surface area contributed by atoms with Crippen molar-refractivity contribution in [3.8, 4) is 0 Å². The quantitative estimate of drug-likeness (QED) is 0.311. The minimum Gasteiger partial charge on any atom is -1.00 e. The fourth-order valence-corrected chi connectivity index (χ4v) is 0. The summed E-state index contributed by atoms with van der Waals surface area (Å²) in [4.78, 5) is 29.3. The number of rotatable bonds is 0. The summed E-state index contributed by atoms with van der Waals surface area (Å²) in [6.07, 6.45) is 0. The van der Waals surface area contributed by atoms with Gasteiger partial charge in [-0.1, -0.05) is 0 Å². The van der Waals surface area contributed by atoms with Crippen molar-refractivity contribution in [3.05, 3.63) is 0 Å². The van der Waals surface area contributed by atoms with Gasteiger partial charge in [0.15, 0.2) is 0 Å². The van der Waals surface area contributed by atoms with Gasteiger partial charge in [0.2, 0.25) is 0 Å². The van der Waals surface area contributed by atoms with Crippen LogP contribution in [0, 0.1) is 0 Å². The zero-order chi connectivity index (χ0) is 4.50. The van der Waals surface area contributed by atoms with Gasteiger partial charge in [0.25, 0.3) is 0 Å². The largest absolute Gasteiger partial charge is 1.00 e. The molecule has 7 heteroatoms. The van der Waals surface area contributed by atoms with Crippen LogP contribution >= 0.6 is 0 Å². The maximum Gasteiger partial charge on any atom is 1.00 e. The van der Waals surface area contributed by atoms with E-state index in [1.54, 1.807) is 0 Å². The van der Waals surface area contributed by atoms with Crippen molar-refractivity contribution in [2.75, 3.05) is 0 Å². The van der Waals surface area contributed by atoms with Gasteiger partial charge in [-0.3, -0.25) is 0 Å². The van der Waals surface area contributed by atoms with E-state index in [2.05, 4.69) is 0 Å². The Morgan fingerprint density at radius 1 is 1.00 bits per heavy atom. The third-order valence-corrected chi connectivity index (χ3v) is 0. The maximum absolute atomic E-state index is 7.33. The molecule has 0 aromatic rings. The first-order valence-corrected chi connectivity index (χ1v) is 2.68. The molecule has 0 atom stereocenters. The third-order valence-electron chi connectivity index (χ3n) is 0. The zero-order valence-corrected chi connectivity index (χ0v) is 10.4. The second-order valence-electron chi connectivity index (χ2n) is 0.600. The first-order valence-electron chi connectivity index (χ1n) is 0.894. The molecule has 38 valence electrons. The number of hydrogen-bond acceptors (Lipinski definition) is 4. The van der Waals surface area contributed by atoms with E-state index >= 15 is 0 Å². The zero-order valence-electron chi connectivity index (χ0n) is 4.79. The van der Waals surface area contributed by atoms with Crippen LogP contribution < -0.4 is 51.4 Å². The molecule has 0 aliphatic heterocycles. The van der Waals surface area contributed by atoms with E-state index in [4.69, 9.17) is 19.2 Å². The summed E-state index contributed by atoms with van der Waals surface area (Å²) in [5, 5.41) is 0. The summed E-state index contributed by atoms with van der Waals surface area (Å²) < 4.78 is 0. The second-order valence-corrected chi connectivity index (χ2v) is 1.80. The van der Waals surface area contributed by atoms with E-state index < -0.39 is 9.05 Å². The Morgan fingerprint density at radius 2 is 1.00 bits per heavy atom. The van der Waals surface area contributed by atoms with Crippen molar-refractivity contribution in [2.45, 2.75) is 0 Å². The summed E-state index contributed by atoms with van der Waals surface area (Å²) >= 11 is 0. The molecule has 7 heavy (non-hydrogen) atoms. The molecule has 4 N–H and O–H groups in total. The van der Waals surface area contributed by atoms with Crippen molar-refractivity contribution in [1.82, 2.24) is 0 Å². The van der Waals surface area contributed by atoms with Gasteiger partial charge < -0.3 is 20.6 Å². The minimum atomic E-state index is -4.61. The van der Waals surface area contributed by atoms with E-state index in [1.165, 1.54) is 0 Å². The van der Waals surface area contributed by atoms with Gasteiger partial charge in [0, 0.05) is 26.2 Å². The monoisotopic (exact) mass is 226 g/mol. The second kappa shape index (κ2) is 6.69. The summed E-state index contributed by atoms with van der Waals surface area (Å²) in [5.41, 5.74) is 0. The molecule has 0 unspecified atom stereocenters. The van der Waals surface area contributed by atoms with Crippen molar-refractivity contribution in [1.29, 1.82) is 0 Å². The Morgan fingerprint density at radius 3 is 1.00 bits per heavy atom. The molecule has 0 amide bonds. The fourth-order valence-electron chi connectivity index (χ4n) is 0. The summed E-state index contributed by atoms with van der Waals surface area (Å²) in [6.45, 7) is 0. The van der Waals surface area contributed by atoms with E-state index in [9.17, 15) is 0 Å². The smallest absolute Gasteiger partial charge is 1.00 e. The predicted octanol–water partition coefficient (Wildman–Crippen LogP) is -5.49. The van der Waals surface area contributed by atoms with Gasteiger partial charge in [-0.2, -0.15) is 0 Å². The first-order chi connectivity index (χ1) is 2.00. The van der Waals surface area contributed by atoms with Crippen LogP contribution in [0.1, 0.15) is 1.43 Å². The molecule has 0 bridgehead atoms. The SMILES string of the molecule is O[Si](O)(O)O.[H-].[K+].[Zr]. The Hall–Kier alpha value is 2.58. The first kappa shape index (κ1) is 16.3. The Labute approximate surface area is 105 Å². The standard InChI is InChI=1S/K.H4O4Si.Zr.H/c;1-5(2,3)4;;/h;1-4H;;/q+1;;;-1. The molecule has 0 saturated heterocycles. The normalized spacial score (nSPS) is 8.57. The van der Waals surface area contributed by atoms with E-state index in [1.807, 2.05) is 0 Å². The molecule has 4 nitrogen and oxygen atoms in total. The molecule has 0 aliphatic rings. The van der Waals surface area contributed by atoms with Gasteiger partial charge >= 0.3 is 60.4 Å². The number of hydrogen-bond donors (Lipinski definition) is 4. The summed E-state index contributed by atoms with van der Waals surface area (Å²) in [6, 6.07) is 0. The van der Waals surface area contributed by atoms with Gasteiger partial charge in [0.1, 0.15) is 0 Å². The summed E-state index contributed by atoms with van der Waals surface area (Å²) in [5.74, 6) is 0. The van der Waals surface area contributed by atoms with E-state index in [-0.39, 0.29) is 79.0 Å². The minimum absolute atomic E-state index is 0. The Balaban J connectivity index is -0.0000000267. The van der Waals surface area contributed by atoms with Crippen LogP contribution in [-0.4, -0.2) is 28.2 Å². The van der Waals surface area contributed by atoms with Gasteiger partial charge in [-0.25, -0.2) is 0 Å². The Kier molecular flexibility index (Phi) is 15.6. The van der Waals surface area contributed by atoms with Crippen LogP contribution in [0.15, 0.2) is 0 Å². The molecule has 0 rings (SSSR count). The molecule has 0 aliphatic carbocycles. The van der Waals surface area contributed by atoms with Gasteiger partial charge in [-0.15, -0.1) is 0 Å². The van der Waals surface area contributed by atoms with Crippen LogP contribution in [0.3, 0.4) is 0 Å². The molecule has 0 aromatic heterocycles. The van der Waals surface area contributed by atoms with Crippen molar-refractivity contribution < 1.29 is 98.2 Å². The van der Waals surface area contributed by atoms with Crippen LogP contribution in [0.2, 0.25) is 0 Å². The molecule has 0 radical (unpaired) electrons. The van der Waals surface area contributed by atoms with E-state index in [0.717, 1.165) is 0 Å². The van der Waals surface area contributed by atoms with Crippen molar-refractivity contribution >= 4 is 9.05 Å². The molecule has 0 aromatic carbocycles. The molecule has 0 heterocycles. The van der Waals surface area contributed by atoms with Crippen LogP contribution in [0.5, 0.6) is 0 Å². The molecule has 0 spiro atoms. The molecule has 0 saturated carbocycles. The average molecular weight is 227 g/mol. The van der Waals surface area contributed by atoms with Crippen molar-refractivity contribution in [2.24, 2.45) is 0 Å². The van der Waals surface area contributed by atoms with Crippen molar-refractivity contribution in [3.63, 3.8) is 0 Å². The molecule has 0 fully saturated rings.